The summed E-state index contributed by atoms with van der Waals surface area (Å²) in [5, 5.41) is 0. The number of rotatable bonds is 8. The van der Waals surface area contributed by atoms with Crippen LogP contribution in [0.5, 0.6) is 5.75 Å². The fraction of sp³-hybridized carbons (Fsp3) is 0.480. The predicted octanol–water partition coefficient (Wildman–Crippen LogP) is 4.51. The second-order valence-electron chi connectivity index (χ2n) is 8.49. The minimum atomic E-state index is 0.329. The molecular formula is C25H34N4O. The van der Waals surface area contributed by atoms with Gasteiger partial charge in [0.05, 0.1) is 23.7 Å². The SMILES string of the molecule is Cc1ccc(OCCCCn2c(C(C)N3CCN(C)CC3)nc3ccccc32)cc1. The molecule has 160 valence electrons. The first kappa shape index (κ1) is 20.9. The van der Waals surface area contributed by atoms with Gasteiger partial charge in [-0.3, -0.25) is 4.90 Å². The molecule has 1 saturated heterocycles. The molecule has 0 saturated carbocycles. The second kappa shape index (κ2) is 9.63. The zero-order valence-electron chi connectivity index (χ0n) is 18.6. The molecule has 1 aliphatic heterocycles. The maximum atomic E-state index is 5.91. The molecule has 0 aliphatic carbocycles. The molecule has 30 heavy (non-hydrogen) atoms. The van der Waals surface area contributed by atoms with Gasteiger partial charge in [-0.2, -0.15) is 0 Å². The highest BCUT2D eigenvalue weighted by Gasteiger charge is 2.24. The van der Waals surface area contributed by atoms with E-state index in [4.69, 9.17) is 9.72 Å². The summed E-state index contributed by atoms with van der Waals surface area (Å²) in [4.78, 5) is 10.0. The third kappa shape index (κ3) is 4.85. The Labute approximate surface area is 180 Å². The standard InChI is InChI=1S/C25H34N4O/c1-20-10-12-22(13-11-20)30-19-7-6-14-29-24-9-5-4-8-23(24)26-25(29)21(2)28-17-15-27(3)16-18-28/h4-5,8-13,21H,6-7,14-19H2,1-3H3. The van der Waals surface area contributed by atoms with E-state index in [0.717, 1.165) is 63.4 Å². The van der Waals surface area contributed by atoms with Gasteiger partial charge in [-0.15, -0.1) is 0 Å². The van der Waals surface area contributed by atoms with Crippen LogP contribution in [-0.2, 0) is 6.54 Å². The van der Waals surface area contributed by atoms with Gasteiger partial charge < -0.3 is 14.2 Å². The Hall–Kier alpha value is -2.37. The van der Waals surface area contributed by atoms with E-state index >= 15 is 0 Å². The van der Waals surface area contributed by atoms with Crippen molar-refractivity contribution in [2.75, 3.05) is 39.8 Å². The van der Waals surface area contributed by atoms with E-state index in [-0.39, 0.29) is 0 Å². The summed E-state index contributed by atoms with van der Waals surface area (Å²) < 4.78 is 8.35. The van der Waals surface area contributed by atoms with E-state index in [1.54, 1.807) is 0 Å². The van der Waals surface area contributed by atoms with Gasteiger partial charge in [0.25, 0.3) is 0 Å². The van der Waals surface area contributed by atoms with Crippen LogP contribution in [0.3, 0.4) is 0 Å². The lowest BCUT2D eigenvalue weighted by Gasteiger charge is -2.36. The number of ether oxygens (including phenoxy) is 1. The minimum absolute atomic E-state index is 0.329. The molecule has 5 nitrogen and oxygen atoms in total. The maximum absolute atomic E-state index is 5.91. The van der Waals surface area contributed by atoms with Crippen LogP contribution < -0.4 is 4.74 Å². The average Bonchev–Trinajstić information content (AvgIpc) is 3.13. The van der Waals surface area contributed by atoms with Crippen LogP contribution in [0.15, 0.2) is 48.5 Å². The molecule has 4 rings (SSSR count). The van der Waals surface area contributed by atoms with Gasteiger partial charge in [0, 0.05) is 32.7 Å². The summed E-state index contributed by atoms with van der Waals surface area (Å²) in [7, 11) is 2.20. The van der Waals surface area contributed by atoms with Gasteiger partial charge in [0.15, 0.2) is 0 Å². The van der Waals surface area contributed by atoms with Gasteiger partial charge in [0.1, 0.15) is 11.6 Å². The monoisotopic (exact) mass is 406 g/mol. The quantitative estimate of drug-likeness (QED) is 0.515. The molecule has 0 spiro atoms. The van der Waals surface area contributed by atoms with Crippen molar-refractivity contribution in [1.82, 2.24) is 19.4 Å². The van der Waals surface area contributed by atoms with Gasteiger partial charge in [-0.25, -0.2) is 4.98 Å². The summed E-state index contributed by atoms with van der Waals surface area (Å²) in [6.07, 6.45) is 2.11. The van der Waals surface area contributed by atoms with E-state index in [9.17, 15) is 0 Å². The zero-order valence-corrected chi connectivity index (χ0v) is 18.6. The number of piperazine rings is 1. The smallest absolute Gasteiger partial charge is 0.127 e. The Morgan fingerprint density at radius 3 is 2.47 bits per heavy atom. The molecule has 2 heterocycles. The fourth-order valence-corrected chi connectivity index (χ4v) is 4.22. The Morgan fingerprint density at radius 2 is 1.70 bits per heavy atom. The summed E-state index contributed by atoms with van der Waals surface area (Å²) in [6.45, 7) is 10.6. The number of nitrogens with zero attached hydrogens (tertiary/aromatic N) is 4. The van der Waals surface area contributed by atoms with Crippen molar-refractivity contribution in [3.63, 3.8) is 0 Å². The summed E-state index contributed by atoms with van der Waals surface area (Å²) >= 11 is 0. The van der Waals surface area contributed by atoms with Crippen molar-refractivity contribution < 1.29 is 4.74 Å². The molecule has 0 radical (unpaired) electrons. The Balaban J connectivity index is 1.40. The molecule has 2 aromatic carbocycles. The van der Waals surface area contributed by atoms with Gasteiger partial charge >= 0.3 is 0 Å². The predicted molar refractivity (Wildman–Crippen MR) is 123 cm³/mol. The van der Waals surface area contributed by atoms with E-state index in [2.05, 4.69) is 83.8 Å². The summed E-state index contributed by atoms with van der Waals surface area (Å²) in [5.41, 5.74) is 3.61. The minimum Gasteiger partial charge on any atom is -0.494 e. The number of hydrogen-bond donors (Lipinski definition) is 0. The lowest BCUT2D eigenvalue weighted by Crippen LogP contribution is -2.45. The number of imidazole rings is 1. The van der Waals surface area contributed by atoms with Crippen LogP contribution >= 0.6 is 0 Å². The number of aromatic nitrogens is 2. The van der Waals surface area contributed by atoms with Gasteiger partial charge in [0.2, 0.25) is 0 Å². The van der Waals surface area contributed by atoms with E-state index in [0.29, 0.717) is 6.04 Å². The molecule has 0 N–H and O–H groups in total. The van der Waals surface area contributed by atoms with Crippen molar-refractivity contribution >= 4 is 11.0 Å². The van der Waals surface area contributed by atoms with Crippen molar-refractivity contribution in [2.45, 2.75) is 39.3 Å². The molecule has 1 aliphatic rings. The topological polar surface area (TPSA) is 33.5 Å². The molecule has 5 heteroatoms. The van der Waals surface area contributed by atoms with Crippen LogP contribution in [0.1, 0.15) is 37.2 Å². The highest BCUT2D eigenvalue weighted by atomic mass is 16.5. The van der Waals surface area contributed by atoms with E-state index < -0.39 is 0 Å². The number of benzene rings is 2. The van der Waals surface area contributed by atoms with Crippen molar-refractivity contribution in [3.05, 3.63) is 59.9 Å². The molecule has 1 aromatic heterocycles. The summed E-state index contributed by atoms with van der Waals surface area (Å²) in [5.74, 6) is 2.15. The van der Waals surface area contributed by atoms with Gasteiger partial charge in [-0.05, 0) is 58.0 Å². The number of aryl methyl sites for hydroxylation is 2. The van der Waals surface area contributed by atoms with Crippen LogP contribution in [0.2, 0.25) is 0 Å². The number of likely N-dealkylation sites (N-methyl/N-ethyl adjacent to an activating group) is 1. The van der Waals surface area contributed by atoms with Crippen LogP contribution in [-0.4, -0.2) is 59.2 Å². The highest BCUT2D eigenvalue weighted by Crippen LogP contribution is 2.26. The first-order valence-corrected chi connectivity index (χ1v) is 11.2. The van der Waals surface area contributed by atoms with E-state index in [1.807, 2.05) is 0 Å². The number of fused-ring (bicyclic) bond motifs is 1. The summed E-state index contributed by atoms with van der Waals surface area (Å²) in [6, 6.07) is 17.2. The Morgan fingerprint density at radius 1 is 0.967 bits per heavy atom. The van der Waals surface area contributed by atoms with Crippen LogP contribution in [0.4, 0.5) is 0 Å². The van der Waals surface area contributed by atoms with Crippen LogP contribution in [0.25, 0.3) is 11.0 Å². The fourth-order valence-electron chi connectivity index (χ4n) is 4.22. The first-order chi connectivity index (χ1) is 14.6. The third-order valence-corrected chi connectivity index (χ3v) is 6.21. The van der Waals surface area contributed by atoms with E-state index in [1.165, 1.54) is 16.9 Å². The molecule has 0 bridgehead atoms. The number of hydrogen-bond acceptors (Lipinski definition) is 4. The lowest BCUT2D eigenvalue weighted by molar-refractivity contribution is 0.113. The normalized spacial score (nSPS) is 16.8. The zero-order chi connectivity index (χ0) is 20.9. The maximum Gasteiger partial charge on any atom is 0.127 e. The van der Waals surface area contributed by atoms with Crippen molar-refractivity contribution in [1.29, 1.82) is 0 Å². The third-order valence-electron chi connectivity index (χ3n) is 6.21. The molecular weight excluding hydrogens is 372 g/mol. The molecule has 1 unspecified atom stereocenters. The second-order valence-corrected chi connectivity index (χ2v) is 8.49. The van der Waals surface area contributed by atoms with Crippen LogP contribution in [0, 0.1) is 6.92 Å². The molecule has 3 aromatic rings. The largest absolute Gasteiger partial charge is 0.494 e. The van der Waals surface area contributed by atoms with Crippen molar-refractivity contribution in [3.8, 4) is 5.75 Å². The number of para-hydroxylation sites is 2. The molecule has 1 fully saturated rings. The Bertz CT molecular complexity index is 941. The average molecular weight is 407 g/mol. The molecule has 0 amide bonds. The Kier molecular flexibility index (Phi) is 6.70. The van der Waals surface area contributed by atoms with Gasteiger partial charge in [-0.1, -0.05) is 29.8 Å². The first-order valence-electron chi connectivity index (χ1n) is 11.2. The lowest BCUT2D eigenvalue weighted by atomic mass is 10.2. The highest BCUT2D eigenvalue weighted by molar-refractivity contribution is 5.76. The number of unbranched alkanes of at least 4 members (excludes halogenated alkanes) is 1. The van der Waals surface area contributed by atoms with Crippen molar-refractivity contribution in [2.24, 2.45) is 0 Å². The molecule has 1 atom stereocenters.